The van der Waals surface area contributed by atoms with E-state index in [9.17, 15) is 13.2 Å². The summed E-state index contributed by atoms with van der Waals surface area (Å²) in [6.45, 7) is 2.04. The molecular weight excluding hydrogens is 404 g/mol. The van der Waals surface area contributed by atoms with Gasteiger partial charge in [-0.05, 0) is 57.3 Å². The standard InChI is InChI=1S/C21H30N4O4S/c1-23(2)19(20-8-7-13-29-20)15-22-21(26)17-14-16(30(27,28)24(3)4)9-10-18(17)25-11-5-6-12-25/h7-10,13-14,19H,5-6,11-12,15H2,1-4H3,(H,22,26)/t19-/m1/s1. The number of carbonyl (C=O) groups is 1. The van der Waals surface area contributed by atoms with E-state index < -0.39 is 10.0 Å². The SMILES string of the molecule is CN(C)[C@H](CNC(=O)c1cc(S(=O)(=O)N(C)C)ccc1N1CCCC1)c1ccco1. The maximum atomic E-state index is 13.2. The lowest BCUT2D eigenvalue weighted by atomic mass is 10.1. The Hall–Kier alpha value is -2.36. The molecule has 8 nitrogen and oxygen atoms in total. The number of anilines is 1. The van der Waals surface area contributed by atoms with Crippen LogP contribution in [0.3, 0.4) is 0 Å². The first-order chi connectivity index (χ1) is 14.2. The van der Waals surface area contributed by atoms with E-state index in [2.05, 4.69) is 10.2 Å². The van der Waals surface area contributed by atoms with Crippen molar-refractivity contribution in [2.45, 2.75) is 23.8 Å². The van der Waals surface area contributed by atoms with Crippen molar-refractivity contribution in [1.29, 1.82) is 0 Å². The van der Waals surface area contributed by atoms with Crippen LogP contribution in [0.25, 0.3) is 0 Å². The van der Waals surface area contributed by atoms with E-state index in [1.807, 2.05) is 31.1 Å². The molecule has 0 unspecified atom stereocenters. The van der Waals surface area contributed by atoms with Crippen LogP contribution in [-0.2, 0) is 10.0 Å². The fourth-order valence-electron chi connectivity index (χ4n) is 3.61. The third-order valence-electron chi connectivity index (χ3n) is 5.39. The van der Waals surface area contributed by atoms with E-state index in [4.69, 9.17) is 4.42 Å². The van der Waals surface area contributed by atoms with Crippen LogP contribution in [0.15, 0.2) is 45.9 Å². The maximum Gasteiger partial charge on any atom is 0.253 e. The molecule has 3 rings (SSSR count). The summed E-state index contributed by atoms with van der Waals surface area (Å²) in [6.07, 6.45) is 3.72. The fourth-order valence-corrected chi connectivity index (χ4v) is 4.53. The second-order valence-electron chi connectivity index (χ2n) is 7.87. The van der Waals surface area contributed by atoms with E-state index in [0.717, 1.165) is 41.7 Å². The quantitative estimate of drug-likeness (QED) is 0.685. The average molecular weight is 435 g/mol. The predicted molar refractivity (Wildman–Crippen MR) is 116 cm³/mol. The highest BCUT2D eigenvalue weighted by Gasteiger charge is 2.25. The first kappa shape index (κ1) is 22.3. The van der Waals surface area contributed by atoms with E-state index >= 15 is 0 Å². The number of furan rings is 1. The lowest BCUT2D eigenvalue weighted by Crippen LogP contribution is -2.35. The minimum Gasteiger partial charge on any atom is -0.468 e. The summed E-state index contributed by atoms with van der Waals surface area (Å²) in [5.41, 5.74) is 1.14. The minimum absolute atomic E-state index is 0.107. The Bertz CT molecular complexity index is 965. The summed E-state index contributed by atoms with van der Waals surface area (Å²) in [4.78, 5) is 17.4. The Kier molecular flexibility index (Phi) is 6.84. The van der Waals surface area contributed by atoms with E-state index in [1.165, 1.54) is 20.2 Å². The number of likely N-dealkylation sites (N-methyl/N-ethyl adjacent to an activating group) is 1. The maximum absolute atomic E-state index is 13.2. The number of amides is 1. The van der Waals surface area contributed by atoms with Gasteiger partial charge >= 0.3 is 0 Å². The topological polar surface area (TPSA) is 86.1 Å². The molecule has 30 heavy (non-hydrogen) atoms. The summed E-state index contributed by atoms with van der Waals surface area (Å²) >= 11 is 0. The Morgan fingerprint density at radius 2 is 1.87 bits per heavy atom. The number of hydrogen-bond donors (Lipinski definition) is 1. The van der Waals surface area contributed by atoms with Crippen LogP contribution >= 0.6 is 0 Å². The first-order valence-electron chi connectivity index (χ1n) is 10.0. The van der Waals surface area contributed by atoms with Crippen LogP contribution in [0.4, 0.5) is 5.69 Å². The monoisotopic (exact) mass is 434 g/mol. The van der Waals surface area contributed by atoms with E-state index in [-0.39, 0.29) is 16.8 Å². The van der Waals surface area contributed by atoms with Crippen LogP contribution in [-0.4, -0.2) is 71.4 Å². The highest BCUT2D eigenvalue weighted by atomic mass is 32.2. The molecule has 1 fully saturated rings. The largest absolute Gasteiger partial charge is 0.468 e. The van der Waals surface area contributed by atoms with Gasteiger partial charge in [0, 0.05) is 39.4 Å². The van der Waals surface area contributed by atoms with Crippen LogP contribution in [0.2, 0.25) is 0 Å². The van der Waals surface area contributed by atoms with Crippen molar-refractivity contribution >= 4 is 21.6 Å². The van der Waals surface area contributed by atoms with Crippen molar-refractivity contribution in [2.75, 3.05) is 52.7 Å². The lowest BCUT2D eigenvalue weighted by Gasteiger charge is -2.25. The molecule has 2 heterocycles. The highest BCUT2D eigenvalue weighted by molar-refractivity contribution is 7.89. The molecule has 0 bridgehead atoms. The van der Waals surface area contributed by atoms with Gasteiger partial charge in [0.2, 0.25) is 10.0 Å². The molecule has 9 heteroatoms. The molecule has 0 aliphatic carbocycles. The van der Waals surface area contributed by atoms with Crippen molar-refractivity contribution in [3.05, 3.63) is 47.9 Å². The van der Waals surface area contributed by atoms with Gasteiger partial charge in [-0.1, -0.05) is 0 Å². The van der Waals surface area contributed by atoms with Crippen molar-refractivity contribution in [1.82, 2.24) is 14.5 Å². The van der Waals surface area contributed by atoms with Gasteiger partial charge in [0.1, 0.15) is 5.76 Å². The van der Waals surface area contributed by atoms with Crippen molar-refractivity contribution in [3.63, 3.8) is 0 Å². The molecule has 1 N–H and O–H groups in total. The number of benzene rings is 1. The molecule has 2 aromatic rings. The third-order valence-corrected chi connectivity index (χ3v) is 7.20. The number of carbonyl (C=O) groups excluding carboxylic acids is 1. The second kappa shape index (κ2) is 9.20. The Labute approximate surface area is 178 Å². The van der Waals surface area contributed by atoms with Crippen LogP contribution < -0.4 is 10.2 Å². The average Bonchev–Trinajstić information content (AvgIpc) is 3.41. The molecular formula is C21H30N4O4S. The second-order valence-corrected chi connectivity index (χ2v) is 10.0. The molecule has 1 aromatic heterocycles. The molecule has 1 amide bonds. The number of rotatable bonds is 8. The number of nitrogens with zero attached hydrogens (tertiary/aromatic N) is 3. The number of hydrogen-bond acceptors (Lipinski definition) is 6. The van der Waals surface area contributed by atoms with Crippen LogP contribution in [0, 0.1) is 0 Å². The van der Waals surface area contributed by atoms with Gasteiger partial charge in [0.05, 0.1) is 22.8 Å². The molecule has 0 radical (unpaired) electrons. The molecule has 1 saturated heterocycles. The van der Waals surface area contributed by atoms with Crippen molar-refractivity contribution in [3.8, 4) is 0 Å². The summed E-state index contributed by atoms with van der Waals surface area (Å²) in [5, 5.41) is 2.96. The summed E-state index contributed by atoms with van der Waals surface area (Å²) in [7, 11) is 3.15. The van der Waals surface area contributed by atoms with Crippen LogP contribution in [0.5, 0.6) is 0 Å². The van der Waals surface area contributed by atoms with E-state index in [1.54, 1.807) is 18.4 Å². The Morgan fingerprint density at radius 3 is 2.43 bits per heavy atom. The smallest absolute Gasteiger partial charge is 0.253 e. The van der Waals surface area contributed by atoms with Gasteiger partial charge in [-0.2, -0.15) is 0 Å². The van der Waals surface area contributed by atoms with Crippen LogP contribution in [0.1, 0.15) is 35.0 Å². The zero-order valence-electron chi connectivity index (χ0n) is 18.0. The van der Waals surface area contributed by atoms with Gasteiger partial charge in [-0.3, -0.25) is 9.69 Å². The molecule has 0 saturated carbocycles. The third kappa shape index (κ3) is 4.69. The van der Waals surface area contributed by atoms with E-state index in [0.29, 0.717) is 12.1 Å². The molecule has 1 aliphatic heterocycles. The zero-order valence-corrected chi connectivity index (χ0v) is 18.8. The van der Waals surface area contributed by atoms with Crippen molar-refractivity contribution in [2.24, 2.45) is 0 Å². The van der Waals surface area contributed by atoms with Gasteiger partial charge in [0.15, 0.2) is 0 Å². The molecule has 164 valence electrons. The van der Waals surface area contributed by atoms with Gasteiger partial charge in [-0.25, -0.2) is 12.7 Å². The zero-order chi connectivity index (χ0) is 21.9. The lowest BCUT2D eigenvalue weighted by molar-refractivity contribution is 0.0939. The van der Waals surface area contributed by atoms with Gasteiger partial charge in [0.25, 0.3) is 5.91 Å². The highest BCUT2D eigenvalue weighted by Crippen LogP contribution is 2.28. The van der Waals surface area contributed by atoms with Gasteiger partial charge < -0.3 is 14.6 Å². The van der Waals surface area contributed by atoms with Crippen molar-refractivity contribution < 1.29 is 17.6 Å². The number of sulfonamides is 1. The number of nitrogens with one attached hydrogen (secondary N) is 1. The fraction of sp³-hybridized carbons (Fsp3) is 0.476. The molecule has 1 aromatic carbocycles. The molecule has 1 atom stereocenters. The predicted octanol–water partition coefficient (Wildman–Crippen LogP) is 2.16. The molecule has 0 spiro atoms. The Balaban J connectivity index is 1.90. The summed E-state index contributed by atoms with van der Waals surface area (Å²) < 4.78 is 31.9. The Morgan fingerprint density at radius 1 is 1.17 bits per heavy atom. The van der Waals surface area contributed by atoms with Gasteiger partial charge in [-0.15, -0.1) is 0 Å². The minimum atomic E-state index is -3.64. The summed E-state index contributed by atoms with van der Waals surface area (Å²) in [5.74, 6) is 0.454. The normalized spacial score (nSPS) is 15.7. The first-order valence-corrected chi connectivity index (χ1v) is 11.5. The summed E-state index contributed by atoms with van der Waals surface area (Å²) in [6, 6.07) is 8.35. The molecule has 1 aliphatic rings.